The molecular formula is C15H31Al+2. The summed E-state index contributed by atoms with van der Waals surface area (Å²) in [5, 5.41) is 1.29. The van der Waals surface area contributed by atoms with Gasteiger partial charge in [-0.3, -0.25) is 0 Å². The first-order valence-corrected chi connectivity index (χ1v) is 8.43. The van der Waals surface area contributed by atoms with Crippen LogP contribution in [0.4, 0.5) is 0 Å². The second kappa shape index (κ2) is 15.5. The quantitative estimate of drug-likeness (QED) is 0.287. The van der Waals surface area contributed by atoms with Crippen LogP contribution in [-0.4, -0.2) is 16.3 Å². The van der Waals surface area contributed by atoms with Crippen LogP contribution in [0.1, 0.15) is 90.4 Å². The normalized spacial score (nSPS) is 10.9. The summed E-state index contributed by atoms with van der Waals surface area (Å²) in [5.74, 6) is 0. The van der Waals surface area contributed by atoms with Crippen molar-refractivity contribution in [3.8, 4) is 0 Å². The van der Waals surface area contributed by atoms with E-state index in [0.717, 1.165) is 0 Å². The van der Waals surface area contributed by atoms with Crippen LogP contribution in [0.5, 0.6) is 0 Å². The first kappa shape index (κ1) is 16.5. The second-order valence-corrected chi connectivity index (χ2v) is 5.61. The topological polar surface area (TPSA) is 0 Å². The molecule has 0 aromatic rings. The van der Waals surface area contributed by atoms with Gasteiger partial charge in [0.05, 0.1) is 0 Å². The second-order valence-electron chi connectivity index (χ2n) is 5.03. The van der Waals surface area contributed by atoms with E-state index in [0.29, 0.717) is 0 Å². The van der Waals surface area contributed by atoms with Gasteiger partial charge in [-0.05, 0) is 0 Å². The first-order valence-electron chi connectivity index (χ1n) is 7.62. The van der Waals surface area contributed by atoms with Crippen molar-refractivity contribution in [1.82, 2.24) is 0 Å². The van der Waals surface area contributed by atoms with E-state index >= 15 is 0 Å². The Morgan fingerprint density at radius 3 is 1.12 bits per heavy atom. The number of hydrogen-bond acceptors (Lipinski definition) is 0. The van der Waals surface area contributed by atoms with E-state index in [2.05, 4.69) is 23.2 Å². The van der Waals surface area contributed by atoms with Gasteiger partial charge in [0.25, 0.3) is 0 Å². The van der Waals surface area contributed by atoms with Gasteiger partial charge in [-0.25, -0.2) is 0 Å². The van der Waals surface area contributed by atoms with Gasteiger partial charge in [-0.1, -0.05) is 19.8 Å². The van der Waals surface area contributed by atoms with Crippen molar-refractivity contribution in [2.24, 2.45) is 0 Å². The molecule has 0 N–H and O–H groups in total. The van der Waals surface area contributed by atoms with Crippen LogP contribution in [0.15, 0.2) is 0 Å². The van der Waals surface area contributed by atoms with E-state index in [1.165, 1.54) is 88.8 Å². The molecule has 0 radical (unpaired) electrons. The van der Waals surface area contributed by atoms with Crippen molar-refractivity contribution in [2.45, 2.75) is 95.7 Å². The fourth-order valence-corrected chi connectivity index (χ4v) is 2.45. The summed E-state index contributed by atoms with van der Waals surface area (Å²) >= 11 is 2.82. The van der Waals surface area contributed by atoms with Gasteiger partial charge in [0.1, 0.15) is 0 Å². The molecule has 16 heavy (non-hydrogen) atoms. The predicted molar refractivity (Wildman–Crippen MR) is 76.3 cm³/mol. The van der Waals surface area contributed by atoms with Crippen LogP contribution >= 0.6 is 0 Å². The molecule has 0 heterocycles. The molecule has 0 spiro atoms. The summed E-state index contributed by atoms with van der Waals surface area (Å²) in [5.41, 5.74) is 0. The van der Waals surface area contributed by atoms with Gasteiger partial charge in [0.2, 0.25) is 0 Å². The fraction of sp³-hybridized carbons (Fsp3) is 1.00. The maximum absolute atomic E-state index is 2.82. The number of unbranched alkanes of at least 4 members (excludes halogenated alkanes) is 12. The molecule has 0 fully saturated rings. The zero-order valence-electron chi connectivity index (χ0n) is 11.5. The van der Waals surface area contributed by atoms with E-state index in [1.807, 2.05) is 0 Å². The minimum atomic E-state index is 1.29. The van der Waals surface area contributed by atoms with Crippen molar-refractivity contribution < 1.29 is 0 Å². The number of rotatable bonds is 13. The molecular weight excluding hydrogens is 207 g/mol. The Morgan fingerprint density at radius 1 is 0.500 bits per heavy atom. The summed E-state index contributed by atoms with van der Waals surface area (Å²) in [7, 11) is 0. The van der Waals surface area contributed by atoms with Crippen LogP contribution < -0.4 is 0 Å². The molecule has 0 unspecified atom stereocenters. The van der Waals surface area contributed by atoms with Crippen LogP contribution in [0.25, 0.3) is 0 Å². The molecule has 0 saturated heterocycles. The third-order valence-electron chi connectivity index (χ3n) is 3.31. The van der Waals surface area contributed by atoms with Gasteiger partial charge < -0.3 is 0 Å². The zero-order chi connectivity index (χ0) is 11.9. The summed E-state index contributed by atoms with van der Waals surface area (Å²) in [6, 6.07) is 0. The zero-order valence-corrected chi connectivity index (χ0v) is 12.6. The Hall–Kier alpha value is 0.532. The molecule has 0 aromatic heterocycles. The molecule has 0 aliphatic heterocycles. The SMILES string of the molecule is CCCCCCCCCCCCCC[CH2][Al+2]. The van der Waals surface area contributed by atoms with Crippen molar-refractivity contribution in [2.75, 3.05) is 0 Å². The van der Waals surface area contributed by atoms with E-state index in [9.17, 15) is 0 Å². The molecule has 0 amide bonds. The average Bonchev–Trinajstić information content (AvgIpc) is 2.31. The van der Waals surface area contributed by atoms with Gasteiger partial charge >= 0.3 is 92.2 Å². The predicted octanol–water partition coefficient (Wildman–Crippen LogP) is 5.66. The summed E-state index contributed by atoms with van der Waals surface area (Å²) < 4.78 is 0. The number of hydrogen-bond donors (Lipinski definition) is 0. The Morgan fingerprint density at radius 2 is 0.812 bits per heavy atom. The Kier molecular flexibility index (Phi) is 16.0. The molecule has 0 bridgehead atoms. The fourth-order valence-electron chi connectivity index (χ4n) is 2.16. The van der Waals surface area contributed by atoms with Crippen LogP contribution in [0.3, 0.4) is 0 Å². The summed E-state index contributed by atoms with van der Waals surface area (Å²) in [6.45, 7) is 2.29. The Labute approximate surface area is 112 Å². The average molecular weight is 238 g/mol. The molecule has 0 saturated carbocycles. The van der Waals surface area contributed by atoms with Crippen molar-refractivity contribution in [3.63, 3.8) is 0 Å². The summed E-state index contributed by atoms with van der Waals surface area (Å²) in [4.78, 5) is 0. The van der Waals surface area contributed by atoms with E-state index in [4.69, 9.17) is 0 Å². The molecule has 0 aliphatic carbocycles. The van der Waals surface area contributed by atoms with Gasteiger partial charge in [-0.2, -0.15) is 0 Å². The third kappa shape index (κ3) is 14.5. The van der Waals surface area contributed by atoms with Crippen molar-refractivity contribution in [3.05, 3.63) is 0 Å². The molecule has 0 atom stereocenters. The minimum absolute atomic E-state index is 1.29. The third-order valence-corrected chi connectivity index (χ3v) is 3.72. The van der Waals surface area contributed by atoms with E-state index < -0.39 is 0 Å². The molecule has 92 valence electrons. The molecule has 1 heteroatoms. The molecule has 0 nitrogen and oxygen atoms in total. The van der Waals surface area contributed by atoms with Crippen molar-refractivity contribution >= 4 is 16.3 Å². The maximum atomic E-state index is 2.82. The molecule has 0 rings (SSSR count). The standard InChI is InChI=1S/C15H31.Al/c1-3-5-7-9-11-13-15-14-12-10-8-6-4-2;/h1,3-15H2,2H3;/q;+2. The van der Waals surface area contributed by atoms with Gasteiger partial charge in [0.15, 0.2) is 0 Å². The molecule has 0 aromatic carbocycles. The van der Waals surface area contributed by atoms with E-state index in [1.54, 1.807) is 0 Å². The van der Waals surface area contributed by atoms with Crippen molar-refractivity contribution in [1.29, 1.82) is 0 Å². The van der Waals surface area contributed by atoms with Gasteiger partial charge in [0, 0.05) is 0 Å². The Bertz CT molecular complexity index is 98.0. The summed E-state index contributed by atoms with van der Waals surface area (Å²) in [6.07, 6.45) is 18.9. The van der Waals surface area contributed by atoms with Crippen LogP contribution in [0, 0.1) is 0 Å². The Balaban J connectivity index is 2.83. The van der Waals surface area contributed by atoms with E-state index in [-0.39, 0.29) is 0 Å². The van der Waals surface area contributed by atoms with Crippen LogP contribution in [-0.2, 0) is 0 Å². The molecule has 0 aliphatic rings. The van der Waals surface area contributed by atoms with Crippen LogP contribution in [0.2, 0.25) is 5.28 Å². The first-order chi connectivity index (χ1) is 7.91. The van der Waals surface area contributed by atoms with Gasteiger partial charge in [-0.15, -0.1) is 0 Å². The monoisotopic (exact) mass is 238 g/mol.